The van der Waals surface area contributed by atoms with Crippen molar-refractivity contribution in [2.24, 2.45) is 5.73 Å². The summed E-state index contributed by atoms with van der Waals surface area (Å²) in [5.74, 6) is -0.427. The number of nitrogens with one attached hydrogen (secondary N) is 1. The number of primary amides is 1. The van der Waals surface area contributed by atoms with E-state index in [1.54, 1.807) is 26.0 Å². The van der Waals surface area contributed by atoms with E-state index in [0.29, 0.717) is 22.2 Å². The summed E-state index contributed by atoms with van der Waals surface area (Å²) >= 11 is 0. The van der Waals surface area contributed by atoms with Gasteiger partial charge < -0.3 is 10.2 Å². The van der Waals surface area contributed by atoms with Gasteiger partial charge in [-0.1, -0.05) is 12.1 Å². The normalized spacial score (nSPS) is 10.0. The number of carbonyl (C=O) groups is 1. The minimum Gasteiger partial charge on any atom is -0.464 e. The molecule has 6 heteroatoms. The monoisotopic (exact) mass is 285 g/mol. The zero-order chi connectivity index (χ0) is 15.4. The second-order valence-electron chi connectivity index (χ2n) is 4.45. The summed E-state index contributed by atoms with van der Waals surface area (Å²) in [6.45, 7) is 3.50. The highest BCUT2D eigenvalue weighted by Crippen LogP contribution is 2.07. The van der Waals surface area contributed by atoms with E-state index in [-0.39, 0.29) is 5.43 Å². The average Bonchev–Trinajstić information content (AvgIpc) is 2.79. The van der Waals surface area contributed by atoms with Gasteiger partial charge in [-0.3, -0.25) is 14.7 Å². The Hall–Kier alpha value is -2.89. The van der Waals surface area contributed by atoms with Gasteiger partial charge in [0.1, 0.15) is 5.58 Å². The molecule has 0 aliphatic rings. The number of H-pyrrole nitrogens is 1. The number of hydrogen-bond acceptors (Lipinski definition) is 4. The summed E-state index contributed by atoms with van der Waals surface area (Å²) < 4.78 is 5.09. The van der Waals surface area contributed by atoms with E-state index in [9.17, 15) is 9.59 Å². The molecule has 3 aromatic rings. The molecule has 0 radical (unpaired) electrons. The first-order valence-corrected chi connectivity index (χ1v) is 6.28. The SMILES string of the molecule is Cc1n[nH]c(C)c1C(N)=O.O=c1ccoc2ccccc12. The van der Waals surface area contributed by atoms with Crippen LogP contribution in [-0.4, -0.2) is 16.1 Å². The van der Waals surface area contributed by atoms with Crippen LogP contribution in [0.2, 0.25) is 0 Å². The highest BCUT2D eigenvalue weighted by Gasteiger charge is 2.10. The smallest absolute Gasteiger partial charge is 0.252 e. The maximum Gasteiger partial charge on any atom is 0.252 e. The lowest BCUT2D eigenvalue weighted by Crippen LogP contribution is -2.12. The van der Waals surface area contributed by atoms with E-state index in [4.69, 9.17) is 10.2 Å². The van der Waals surface area contributed by atoms with Crippen molar-refractivity contribution in [1.29, 1.82) is 0 Å². The molecule has 0 saturated carbocycles. The van der Waals surface area contributed by atoms with E-state index in [1.165, 1.54) is 12.3 Å². The largest absolute Gasteiger partial charge is 0.464 e. The lowest BCUT2D eigenvalue weighted by Gasteiger charge is -1.91. The summed E-state index contributed by atoms with van der Waals surface area (Å²) in [7, 11) is 0. The summed E-state index contributed by atoms with van der Waals surface area (Å²) in [6, 6.07) is 8.60. The second kappa shape index (κ2) is 6.04. The predicted octanol–water partition coefficient (Wildman–Crippen LogP) is 1.92. The average molecular weight is 285 g/mol. The van der Waals surface area contributed by atoms with Gasteiger partial charge in [-0.05, 0) is 26.0 Å². The first-order valence-electron chi connectivity index (χ1n) is 6.28. The molecule has 108 valence electrons. The van der Waals surface area contributed by atoms with Gasteiger partial charge in [0.25, 0.3) is 5.91 Å². The number of aryl methyl sites for hydroxylation is 2. The van der Waals surface area contributed by atoms with E-state index >= 15 is 0 Å². The summed E-state index contributed by atoms with van der Waals surface area (Å²) in [6.07, 6.45) is 1.41. The van der Waals surface area contributed by atoms with Crippen molar-refractivity contribution in [3.05, 3.63) is 63.8 Å². The Bertz CT molecular complexity index is 809. The van der Waals surface area contributed by atoms with Gasteiger partial charge in [0.15, 0.2) is 5.43 Å². The van der Waals surface area contributed by atoms with Crippen LogP contribution in [0.1, 0.15) is 21.7 Å². The highest BCUT2D eigenvalue weighted by atomic mass is 16.3. The Morgan fingerprint density at radius 2 is 1.95 bits per heavy atom. The van der Waals surface area contributed by atoms with Gasteiger partial charge in [-0.25, -0.2) is 0 Å². The zero-order valence-corrected chi connectivity index (χ0v) is 11.7. The van der Waals surface area contributed by atoms with Crippen LogP contribution in [0.5, 0.6) is 0 Å². The van der Waals surface area contributed by atoms with Gasteiger partial charge in [0.2, 0.25) is 0 Å². The van der Waals surface area contributed by atoms with E-state index in [1.807, 2.05) is 12.1 Å². The Morgan fingerprint density at radius 3 is 2.48 bits per heavy atom. The lowest BCUT2D eigenvalue weighted by atomic mass is 10.2. The third-order valence-corrected chi connectivity index (χ3v) is 2.94. The van der Waals surface area contributed by atoms with Crippen molar-refractivity contribution in [2.45, 2.75) is 13.8 Å². The van der Waals surface area contributed by atoms with E-state index in [0.717, 1.165) is 5.69 Å². The van der Waals surface area contributed by atoms with Crippen LogP contribution in [-0.2, 0) is 0 Å². The molecule has 6 nitrogen and oxygen atoms in total. The van der Waals surface area contributed by atoms with Crippen molar-refractivity contribution in [2.75, 3.05) is 0 Å². The minimum atomic E-state index is -0.427. The van der Waals surface area contributed by atoms with Crippen LogP contribution in [0.15, 0.2) is 45.8 Å². The molecule has 1 aromatic carbocycles. The highest BCUT2D eigenvalue weighted by molar-refractivity contribution is 5.94. The molecule has 0 bridgehead atoms. The van der Waals surface area contributed by atoms with Crippen molar-refractivity contribution in [3.63, 3.8) is 0 Å². The first-order chi connectivity index (χ1) is 10.0. The molecule has 2 aromatic heterocycles. The number of benzene rings is 1. The van der Waals surface area contributed by atoms with Gasteiger partial charge >= 0.3 is 0 Å². The Morgan fingerprint density at radius 1 is 1.24 bits per heavy atom. The number of carbonyl (C=O) groups excluding carboxylic acids is 1. The number of para-hydroxylation sites is 1. The van der Waals surface area contributed by atoms with Crippen molar-refractivity contribution >= 4 is 16.9 Å². The van der Waals surface area contributed by atoms with Crippen LogP contribution >= 0.6 is 0 Å². The standard InChI is InChI=1S/C9H6O2.C6H9N3O/c10-8-5-6-11-9-4-2-1-3-7(8)9;1-3-5(6(7)10)4(2)9-8-3/h1-6H;1-2H3,(H2,7,10)(H,8,9). The number of aromatic nitrogens is 2. The second-order valence-corrected chi connectivity index (χ2v) is 4.45. The number of nitrogens with two attached hydrogens (primary N) is 1. The lowest BCUT2D eigenvalue weighted by molar-refractivity contribution is 0.0999. The Kier molecular flexibility index (Phi) is 4.18. The number of amides is 1. The molecule has 1 amide bonds. The zero-order valence-electron chi connectivity index (χ0n) is 11.7. The van der Waals surface area contributed by atoms with Gasteiger partial charge in [-0.15, -0.1) is 0 Å². The molecular weight excluding hydrogens is 270 g/mol. The van der Waals surface area contributed by atoms with Crippen LogP contribution in [0.25, 0.3) is 11.0 Å². The van der Waals surface area contributed by atoms with Crippen LogP contribution in [0, 0.1) is 13.8 Å². The maximum atomic E-state index is 11.1. The van der Waals surface area contributed by atoms with E-state index in [2.05, 4.69) is 10.2 Å². The first kappa shape index (κ1) is 14.5. The fourth-order valence-electron chi connectivity index (χ4n) is 1.95. The van der Waals surface area contributed by atoms with Crippen LogP contribution < -0.4 is 11.2 Å². The maximum absolute atomic E-state index is 11.1. The molecule has 3 rings (SSSR count). The summed E-state index contributed by atoms with van der Waals surface area (Å²) in [4.78, 5) is 21.8. The van der Waals surface area contributed by atoms with Gasteiger partial charge in [-0.2, -0.15) is 5.10 Å². The number of nitrogens with zero attached hydrogens (tertiary/aromatic N) is 1. The molecule has 3 N–H and O–H groups in total. The van der Waals surface area contributed by atoms with E-state index < -0.39 is 5.91 Å². The van der Waals surface area contributed by atoms with Gasteiger partial charge in [0, 0.05) is 11.8 Å². The molecule has 0 spiro atoms. The topological polar surface area (TPSA) is 102 Å². The molecule has 0 unspecified atom stereocenters. The molecule has 0 aliphatic carbocycles. The number of fused-ring (bicyclic) bond motifs is 1. The molecule has 0 atom stereocenters. The molecule has 21 heavy (non-hydrogen) atoms. The molecule has 0 saturated heterocycles. The molecule has 2 heterocycles. The summed E-state index contributed by atoms with van der Waals surface area (Å²) in [5, 5.41) is 7.11. The fourth-order valence-corrected chi connectivity index (χ4v) is 1.95. The van der Waals surface area contributed by atoms with Crippen LogP contribution in [0.4, 0.5) is 0 Å². The quantitative estimate of drug-likeness (QED) is 0.713. The molecule has 0 aliphatic heterocycles. The van der Waals surface area contributed by atoms with Crippen molar-refractivity contribution in [1.82, 2.24) is 10.2 Å². The molecule has 0 fully saturated rings. The number of aromatic amines is 1. The van der Waals surface area contributed by atoms with Crippen molar-refractivity contribution in [3.8, 4) is 0 Å². The number of rotatable bonds is 1. The minimum absolute atomic E-state index is 0.00634. The Labute approximate surface area is 120 Å². The fraction of sp³-hybridized carbons (Fsp3) is 0.133. The Balaban J connectivity index is 0.000000155. The predicted molar refractivity (Wildman–Crippen MR) is 79.1 cm³/mol. The third-order valence-electron chi connectivity index (χ3n) is 2.94. The van der Waals surface area contributed by atoms with Crippen molar-refractivity contribution < 1.29 is 9.21 Å². The van der Waals surface area contributed by atoms with Crippen LogP contribution in [0.3, 0.4) is 0 Å². The summed E-state index contributed by atoms with van der Waals surface area (Å²) in [5.41, 5.74) is 7.59. The molecular formula is C15H15N3O3. The number of hydrogen-bond donors (Lipinski definition) is 2. The van der Waals surface area contributed by atoms with Gasteiger partial charge in [0.05, 0.1) is 22.9 Å². The third kappa shape index (κ3) is 3.17.